The van der Waals surface area contributed by atoms with Crippen molar-refractivity contribution in [3.63, 3.8) is 0 Å². The Hall–Kier alpha value is -3.15. The number of fused-ring (bicyclic) bond motifs is 1. The van der Waals surface area contributed by atoms with Gasteiger partial charge in [0, 0.05) is 6.20 Å². The molecular weight excluding hydrogens is 328 g/mol. The Morgan fingerprint density at radius 2 is 1.96 bits per heavy atom. The molecule has 0 spiro atoms. The average molecular weight is 348 g/mol. The molecule has 1 aliphatic heterocycles. The fraction of sp³-hybridized carbons (Fsp3) is 0.250. The van der Waals surface area contributed by atoms with E-state index in [1.54, 1.807) is 12.3 Å². The van der Waals surface area contributed by atoms with Gasteiger partial charge in [-0.15, -0.1) is 0 Å². The molecule has 1 saturated heterocycles. The third-order valence-electron chi connectivity index (χ3n) is 4.54. The number of cyclic esters (lactones) is 1. The fourth-order valence-electron chi connectivity index (χ4n) is 3.10. The zero-order valence-electron chi connectivity index (χ0n) is 14.8. The van der Waals surface area contributed by atoms with E-state index in [0.717, 1.165) is 5.56 Å². The number of hydrogen-bond acceptors (Lipinski definition) is 5. The maximum atomic E-state index is 11.7. The molecule has 1 fully saturated rings. The van der Waals surface area contributed by atoms with Gasteiger partial charge in [-0.05, 0) is 42.3 Å². The summed E-state index contributed by atoms with van der Waals surface area (Å²) < 4.78 is 4.97. The molecule has 1 aliphatic rings. The number of nitrogens with one attached hydrogen (secondary N) is 1. The first-order chi connectivity index (χ1) is 12.6. The van der Waals surface area contributed by atoms with Gasteiger partial charge in [-0.25, -0.2) is 9.78 Å². The van der Waals surface area contributed by atoms with Gasteiger partial charge in [-0.1, -0.05) is 35.9 Å². The van der Waals surface area contributed by atoms with Crippen molar-refractivity contribution in [3.8, 4) is 0 Å². The SMILES string of the molecule is Cc1ccc2cc(C(C)Nc3nccc(N4CCOC4=O)n3)ccc2c1. The first-order valence-electron chi connectivity index (χ1n) is 8.64. The van der Waals surface area contributed by atoms with Crippen molar-refractivity contribution in [1.29, 1.82) is 0 Å². The lowest BCUT2D eigenvalue weighted by Crippen LogP contribution is -2.25. The van der Waals surface area contributed by atoms with Crippen molar-refractivity contribution in [2.24, 2.45) is 0 Å². The van der Waals surface area contributed by atoms with Crippen LogP contribution >= 0.6 is 0 Å². The molecule has 3 aromatic rings. The molecule has 1 aromatic heterocycles. The highest BCUT2D eigenvalue weighted by atomic mass is 16.6. The first kappa shape index (κ1) is 16.3. The van der Waals surface area contributed by atoms with Crippen molar-refractivity contribution in [3.05, 3.63) is 59.8 Å². The smallest absolute Gasteiger partial charge is 0.415 e. The minimum absolute atomic E-state index is 0.0292. The van der Waals surface area contributed by atoms with Crippen LogP contribution < -0.4 is 10.2 Å². The summed E-state index contributed by atoms with van der Waals surface area (Å²) in [6, 6.07) is 14.6. The van der Waals surface area contributed by atoms with Crippen molar-refractivity contribution in [2.45, 2.75) is 19.9 Å². The Kier molecular flexibility index (Phi) is 4.16. The van der Waals surface area contributed by atoms with E-state index in [0.29, 0.717) is 24.9 Å². The lowest BCUT2D eigenvalue weighted by molar-refractivity contribution is 0.181. The van der Waals surface area contributed by atoms with Gasteiger partial charge in [0.1, 0.15) is 12.4 Å². The topological polar surface area (TPSA) is 67.3 Å². The summed E-state index contributed by atoms with van der Waals surface area (Å²) in [6.45, 7) is 5.06. The molecule has 26 heavy (non-hydrogen) atoms. The van der Waals surface area contributed by atoms with Gasteiger partial charge in [0.25, 0.3) is 0 Å². The van der Waals surface area contributed by atoms with E-state index in [9.17, 15) is 4.79 Å². The lowest BCUT2D eigenvalue weighted by atomic mass is 10.0. The van der Waals surface area contributed by atoms with Crippen molar-refractivity contribution in [2.75, 3.05) is 23.4 Å². The fourth-order valence-corrected chi connectivity index (χ4v) is 3.10. The number of ether oxygens (including phenoxy) is 1. The van der Waals surface area contributed by atoms with Crippen LogP contribution in [-0.2, 0) is 4.74 Å². The van der Waals surface area contributed by atoms with Crippen LogP contribution in [0, 0.1) is 6.92 Å². The molecule has 0 aliphatic carbocycles. The second-order valence-electron chi connectivity index (χ2n) is 6.48. The molecule has 2 heterocycles. The summed E-state index contributed by atoms with van der Waals surface area (Å²) in [4.78, 5) is 21.9. The average Bonchev–Trinajstić information content (AvgIpc) is 3.07. The number of amides is 1. The lowest BCUT2D eigenvalue weighted by Gasteiger charge is -2.17. The van der Waals surface area contributed by atoms with E-state index in [-0.39, 0.29) is 12.1 Å². The molecule has 2 aromatic carbocycles. The summed E-state index contributed by atoms with van der Waals surface area (Å²) in [6.07, 6.45) is 1.28. The van der Waals surface area contributed by atoms with Crippen molar-refractivity contribution < 1.29 is 9.53 Å². The second-order valence-corrected chi connectivity index (χ2v) is 6.48. The van der Waals surface area contributed by atoms with Crippen LogP contribution in [0.25, 0.3) is 10.8 Å². The molecule has 1 unspecified atom stereocenters. The molecule has 1 atom stereocenters. The number of benzene rings is 2. The third-order valence-corrected chi connectivity index (χ3v) is 4.54. The van der Waals surface area contributed by atoms with Gasteiger partial charge in [-0.2, -0.15) is 4.98 Å². The number of nitrogens with zero attached hydrogens (tertiary/aromatic N) is 3. The standard InChI is InChI=1S/C20H20N4O2/c1-13-3-4-17-12-15(5-6-16(17)11-13)14(2)22-19-21-8-7-18(23-19)24-9-10-26-20(24)25/h3-8,11-12,14H,9-10H2,1-2H3,(H,21,22,23). The van der Waals surface area contributed by atoms with E-state index < -0.39 is 0 Å². The zero-order chi connectivity index (χ0) is 18.1. The summed E-state index contributed by atoms with van der Waals surface area (Å²) in [5.41, 5.74) is 2.40. The number of rotatable bonds is 4. The molecular formula is C20H20N4O2. The van der Waals surface area contributed by atoms with E-state index in [1.165, 1.54) is 21.2 Å². The van der Waals surface area contributed by atoms with E-state index in [2.05, 4.69) is 65.5 Å². The van der Waals surface area contributed by atoms with Gasteiger partial charge >= 0.3 is 6.09 Å². The van der Waals surface area contributed by atoms with E-state index in [1.807, 2.05) is 0 Å². The maximum Gasteiger partial charge on any atom is 0.415 e. The highest BCUT2D eigenvalue weighted by molar-refractivity contribution is 5.88. The van der Waals surface area contributed by atoms with Gasteiger partial charge in [0.05, 0.1) is 12.6 Å². The molecule has 6 nitrogen and oxygen atoms in total. The second kappa shape index (κ2) is 6.63. The van der Waals surface area contributed by atoms with E-state index in [4.69, 9.17) is 4.74 Å². The molecule has 0 radical (unpaired) electrons. The summed E-state index contributed by atoms with van der Waals surface area (Å²) in [5, 5.41) is 5.75. The molecule has 4 rings (SSSR count). The Labute approximate surface area is 151 Å². The first-order valence-corrected chi connectivity index (χ1v) is 8.64. The molecule has 6 heteroatoms. The van der Waals surface area contributed by atoms with Crippen LogP contribution in [0.2, 0.25) is 0 Å². The Morgan fingerprint density at radius 3 is 2.77 bits per heavy atom. The van der Waals surface area contributed by atoms with Gasteiger partial charge in [0.2, 0.25) is 5.95 Å². The van der Waals surface area contributed by atoms with Crippen LogP contribution in [0.1, 0.15) is 24.1 Å². The number of carbonyl (C=O) groups is 1. The van der Waals surface area contributed by atoms with Gasteiger partial charge in [-0.3, -0.25) is 4.90 Å². The summed E-state index contributed by atoms with van der Waals surface area (Å²) >= 11 is 0. The van der Waals surface area contributed by atoms with Crippen molar-refractivity contribution in [1.82, 2.24) is 9.97 Å². The molecule has 1 amide bonds. The molecule has 132 valence electrons. The number of carbonyl (C=O) groups excluding carboxylic acids is 1. The van der Waals surface area contributed by atoms with Crippen LogP contribution in [-0.4, -0.2) is 29.2 Å². The summed E-state index contributed by atoms with van der Waals surface area (Å²) in [5.74, 6) is 1.03. The van der Waals surface area contributed by atoms with Gasteiger partial charge < -0.3 is 10.1 Å². The maximum absolute atomic E-state index is 11.7. The number of anilines is 2. The normalized spacial score (nSPS) is 15.2. The molecule has 1 N–H and O–H groups in total. The highest BCUT2D eigenvalue weighted by Crippen LogP contribution is 2.24. The Bertz CT molecular complexity index is 973. The zero-order valence-corrected chi connectivity index (χ0v) is 14.8. The van der Waals surface area contributed by atoms with E-state index >= 15 is 0 Å². The predicted octanol–water partition coefficient (Wildman–Crippen LogP) is 4.07. The largest absolute Gasteiger partial charge is 0.447 e. The highest BCUT2D eigenvalue weighted by Gasteiger charge is 2.25. The molecule has 0 bridgehead atoms. The van der Waals surface area contributed by atoms with Gasteiger partial charge in [0.15, 0.2) is 0 Å². The quantitative estimate of drug-likeness (QED) is 0.770. The Balaban J connectivity index is 1.55. The minimum atomic E-state index is -0.368. The minimum Gasteiger partial charge on any atom is -0.447 e. The van der Waals surface area contributed by atoms with Crippen LogP contribution in [0.3, 0.4) is 0 Å². The number of aryl methyl sites for hydroxylation is 1. The number of aromatic nitrogens is 2. The van der Waals surface area contributed by atoms with Crippen molar-refractivity contribution >= 4 is 28.6 Å². The van der Waals surface area contributed by atoms with Crippen LogP contribution in [0.15, 0.2) is 48.7 Å². The Morgan fingerprint density at radius 1 is 1.15 bits per heavy atom. The van der Waals surface area contributed by atoms with Crippen LogP contribution in [0.4, 0.5) is 16.6 Å². The molecule has 0 saturated carbocycles. The van der Waals surface area contributed by atoms with Crippen LogP contribution in [0.5, 0.6) is 0 Å². The predicted molar refractivity (Wildman–Crippen MR) is 101 cm³/mol. The summed E-state index contributed by atoms with van der Waals surface area (Å²) in [7, 11) is 0. The number of hydrogen-bond donors (Lipinski definition) is 1. The monoisotopic (exact) mass is 348 g/mol. The third kappa shape index (κ3) is 3.18.